The monoisotopic (exact) mass is 271 g/mol. The van der Waals surface area contributed by atoms with E-state index in [0.717, 1.165) is 22.8 Å². The van der Waals surface area contributed by atoms with Gasteiger partial charge in [0.25, 0.3) is 0 Å². The van der Waals surface area contributed by atoms with Crippen molar-refractivity contribution in [3.05, 3.63) is 28.8 Å². The van der Waals surface area contributed by atoms with Crippen LogP contribution in [0.3, 0.4) is 0 Å². The van der Waals surface area contributed by atoms with Gasteiger partial charge < -0.3 is 15.2 Å². The molecule has 0 aliphatic heterocycles. The number of aliphatic hydroxyl groups excluding tert-OH is 1. The highest BCUT2D eigenvalue weighted by Crippen LogP contribution is 2.20. The summed E-state index contributed by atoms with van der Waals surface area (Å²) in [6.45, 7) is 6.95. The first-order valence-electron chi connectivity index (χ1n) is 6.33. The normalized spacial score (nSPS) is 14.3. The molecular weight excluding hydrogens is 250 g/mol. The maximum atomic E-state index is 9.77. The predicted molar refractivity (Wildman–Crippen MR) is 75.4 cm³/mol. The number of nitrogens with one attached hydrogen (secondary N) is 1. The number of rotatable bonds is 7. The summed E-state index contributed by atoms with van der Waals surface area (Å²) >= 11 is 5.93. The van der Waals surface area contributed by atoms with E-state index < -0.39 is 6.10 Å². The quantitative estimate of drug-likeness (QED) is 0.801. The minimum absolute atomic E-state index is 0.282. The molecule has 0 heterocycles. The summed E-state index contributed by atoms with van der Waals surface area (Å²) in [5, 5.41) is 13.7. The van der Waals surface area contributed by atoms with E-state index in [1.165, 1.54) is 0 Å². The Morgan fingerprint density at radius 2 is 2.17 bits per heavy atom. The third-order valence-corrected chi connectivity index (χ3v) is 3.31. The molecule has 0 spiro atoms. The Hall–Kier alpha value is -0.770. The van der Waals surface area contributed by atoms with Gasteiger partial charge in [0, 0.05) is 17.6 Å². The van der Waals surface area contributed by atoms with Crippen LogP contribution in [-0.2, 0) is 0 Å². The first-order valence-corrected chi connectivity index (χ1v) is 6.71. The molecule has 0 radical (unpaired) electrons. The smallest absolute Gasteiger partial charge is 0.119 e. The molecule has 0 aromatic heterocycles. The summed E-state index contributed by atoms with van der Waals surface area (Å²) < 4.78 is 5.52. The fraction of sp³-hybridized carbons (Fsp3) is 0.571. The zero-order valence-electron chi connectivity index (χ0n) is 11.2. The maximum absolute atomic E-state index is 9.77. The van der Waals surface area contributed by atoms with Gasteiger partial charge in [0.05, 0.1) is 0 Å². The molecule has 3 nitrogen and oxygen atoms in total. The highest BCUT2D eigenvalue weighted by atomic mass is 35.5. The van der Waals surface area contributed by atoms with Crippen LogP contribution in [0, 0.1) is 6.92 Å². The van der Waals surface area contributed by atoms with Crippen molar-refractivity contribution in [1.29, 1.82) is 0 Å². The fourth-order valence-corrected chi connectivity index (χ4v) is 1.56. The standard InChI is InChI=1S/C14H22ClNO2/c1-4-11(3)16-8-12(17)9-18-13-5-6-14(15)10(2)7-13/h5-7,11-12,16-17H,4,8-9H2,1-3H3. The molecule has 0 amide bonds. The number of aliphatic hydroxyl groups is 1. The van der Waals surface area contributed by atoms with Gasteiger partial charge in [-0.25, -0.2) is 0 Å². The van der Waals surface area contributed by atoms with Gasteiger partial charge in [0.1, 0.15) is 18.5 Å². The van der Waals surface area contributed by atoms with Gasteiger partial charge in [-0.05, 0) is 44.0 Å². The van der Waals surface area contributed by atoms with Crippen molar-refractivity contribution in [3.63, 3.8) is 0 Å². The Labute approximate surface area is 114 Å². The molecule has 0 saturated heterocycles. The number of halogens is 1. The van der Waals surface area contributed by atoms with Crippen LogP contribution >= 0.6 is 11.6 Å². The van der Waals surface area contributed by atoms with Crippen LogP contribution in [-0.4, -0.2) is 30.4 Å². The number of aryl methyl sites for hydroxylation is 1. The molecule has 2 atom stereocenters. The third-order valence-electron chi connectivity index (χ3n) is 2.89. The maximum Gasteiger partial charge on any atom is 0.119 e. The fourth-order valence-electron chi connectivity index (χ4n) is 1.44. The van der Waals surface area contributed by atoms with E-state index in [9.17, 15) is 5.11 Å². The van der Waals surface area contributed by atoms with E-state index in [1.807, 2.05) is 19.1 Å². The predicted octanol–water partition coefficient (Wildman–Crippen LogP) is 2.78. The first kappa shape index (κ1) is 15.3. The van der Waals surface area contributed by atoms with Crippen LogP contribution in [0.2, 0.25) is 5.02 Å². The highest BCUT2D eigenvalue weighted by molar-refractivity contribution is 6.31. The largest absolute Gasteiger partial charge is 0.491 e. The van der Waals surface area contributed by atoms with E-state index in [2.05, 4.69) is 19.2 Å². The number of hydrogen-bond donors (Lipinski definition) is 2. The summed E-state index contributed by atoms with van der Waals surface area (Å²) in [6.07, 6.45) is 0.541. The van der Waals surface area contributed by atoms with Gasteiger partial charge in [-0.1, -0.05) is 18.5 Å². The van der Waals surface area contributed by atoms with Crippen molar-refractivity contribution < 1.29 is 9.84 Å². The summed E-state index contributed by atoms with van der Waals surface area (Å²) in [7, 11) is 0. The lowest BCUT2D eigenvalue weighted by atomic mass is 10.2. The summed E-state index contributed by atoms with van der Waals surface area (Å²) in [4.78, 5) is 0. The molecule has 2 N–H and O–H groups in total. The molecule has 18 heavy (non-hydrogen) atoms. The second kappa shape index (κ2) is 7.62. The van der Waals surface area contributed by atoms with Crippen LogP contribution in [0.15, 0.2) is 18.2 Å². The summed E-state index contributed by atoms with van der Waals surface area (Å²) in [5.41, 5.74) is 0.974. The molecule has 0 fully saturated rings. The molecule has 0 aliphatic rings. The molecule has 1 aromatic carbocycles. The average molecular weight is 272 g/mol. The average Bonchev–Trinajstić information content (AvgIpc) is 2.37. The zero-order valence-corrected chi connectivity index (χ0v) is 12.0. The molecule has 2 unspecified atom stereocenters. The lowest BCUT2D eigenvalue weighted by molar-refractivity contribution is 0.104. The Balaban J connectivity index is 2.33. The van der Waals surface area contributed by atoms with Crippen LogP contribution in [0.1, 0.15) is 25.8 Å². The number of ether oxygens (including phenoxy) is 1. The van der Waals surface area contributed by atoms with Gasteiger partial charge in [-0.2, -0.15) is 0 Å². The van der Waals surface area contributed by atoms with Crippen LogP contribution in [0.5, 0.6) is 5.75 Å². The van der Waals surface area contributed by atoms with Crippen LogP contribution in [0.4, 0.5) is 0 Å². The Morgan fingerprint density at radius 1 is 1.44 bits per heavy atom. The summed E-state index contributed by atoms with van der Waals surface area (Å²) in [6, 6.07) is 5.90. The lowest BCUT2D eigenvalue weighted by Crippen LogP contribution is -2.36. The minimum Gasteiger partial charge on any atom is -0.491 e. The Morgan fingerprint density at radius 3 is 2.78 bits per heavy atom. The molecule has 0 bridgehead atoms. The van der Waals surface area contributed by atoms with E-state index in [4.69, 9.17) is 16.3 Å². The second-order valence-corrected chi connectivity index (χ2v) is 5.00. The zero-order chi connectivity index (χ0) is 13.5. The molecule has 0 aliphatic carbocycles. The van der Waals surface area contributed by atoms with E-state index in [0.29, 0.717) is 12.6 Å². The van der Waals surface area contributed by atoms with E-state index >= 15 is 0 Å². The van der Waals surface area contributed by atoms with Gasteiger partial charge in [0.2, 0.25) is 0 Å². The Bertz CT molecular complexity index is 371. The topological polar surface area (TPSA) is 41.5 Å². The number of hydrogen-bond acceptors (Lipinski definition) is 3. The Kier molecular flexibility index (Phi) is 6.47. The lowest BCUT2D eigenvalue weighted by Gasteiger charge is -2.16. The SMILES string of the molecule is CCC(C)NCC(O)COc1ccc(Cl)c(C)c1. The molecular formula is C14H22ClNO2. The van der Waals surface area contributed by atoms with Gasteiger partial charge in [-0.15, -0.1) is 0 Å². The van der Waals surface area contributed by atoms with Crippen molar-refractivity contribution in [2.24, 2.45) is 0 Å². The van der Waals surface area contributed by atoms with Crippen LogP contribution in [0.25, 0.3) is 0 Å². The molecule has 1 aromatic rings. The van der Waals surface area contributed by atoms with Crippen LogP contribution < -0.4 is 10.1 Å². The van der Waals surface area contributed by atoms with Gasteiger partial charge in [0.15, 0.2) is 0 Å². The van der Waals surface area contributed by atoms with Crippen molar-refractivity contribution in [3.8, 4) is 5.75 Å². The van der Waals surface area contributed by atoms with Crippen molar-refractivity contribution in [1.82, 2.24) is 5.32 Å². The van der Waals surface area contributed by atoms with Crippen molar-refractivity contribution in [2.45, 2.75) is 39.3 Å². The van der Waals surface area contributed by atoms with Gasteiger partial charge in [-0.3, -0.25) is 0 Å². The van der Waals surface area contributed by atoms with Gasteiger partial charge >= 0.3 is 0 Å². The van der Waals surface area contributed by atoms with Crippen molar-refractivity contribution >= 4 is 11.6 Å². The van der Waals surface area contributed by atoms with E-state index in [-0.39, 0.29) is 6.61 Å². The second-order valence-electron chi connectivity index (χ2n) is 4.59. The highest BCUT2D eigenvalue weighted by Gasteiger charge is 2.07. The molecule has 102 valence electrons. The summed E-state index contributed by atoms with van der Waals surface area (Å²) in [5.74, 6) is 0.736. The molecule has 4 heteroatoms. The first-order chi connectivity index (χ1) is 8.52. The molecule has 0 saturated carbocycles. The number of benzene rings is 1. The molecule has 1 rings (SSSR count). The third kappa shape index (κ3) is 5.25. The minimum atomic E-state index is -0.505. The van der Waals surface area contributed by atoms with Crippen molar-refractivity contribution in [2.75, 3.05) is 13.2 Å². The van der Waals surface area contributed by atoms with E-state index in [1.54, 1.807) is 6.07 Å².